The first-order valence-corrected chi connectivity index (χ1v) is 15.3. The minimum absolute atomic E-state index is 0.0444. The van der Waals surface area contributed by atoms with E-state index in [0.717, 1.165) is 30.0 Å². The number of benzene rings is 2. The number of fused-ring (bicyclic) bond motifs is 4. The van der Waals surface area contributed by atoms with E-state index >= 15 is 0 Å². The number of para-hydroxylation sites is 2. The van der Waals surface area contributed by atoms with Gasteiger partial charge in [-0.2, -0.15) is 0 Å². The third-order valence-electron chi connectivity index (χ3n) is 7.91. The van der Waals surface area contributed by atoms with Crippen molar-refractivity contribution in [3.63, 3.8) is 0 Å². The highest BCUT2D eigenvalue weighted by atomic mass is 32.2. The van der Waals surface area contributed by atoms with Crippen LogP contribution in [0.25, 0.3) is 5.65 Å². The highest BCUT2D eigenvalue weighted by Crippen LogP contribution is 2.35. The van der Waals surface area contributed by atoms with Crippen LogP contribution in [0, 0.1) is 0 Å². The SMILES string of the molecule is O=C(CC[C@H]1N=C2c3ccccc3N=C(SCc3cc(=O)n4ccccc4n3)N2C1=O)N1CCN(c2ccccc2)CC1. The summed E-state index contributed by atoms with van der Waals surface area (Å²) in [6, 6.07) is 24.1. The van der Waals surface area contributed by atoms with Crippen LogP contribution in [-0.2, 0) is 15.3 Å². The van der Waals surface area contributed by atoms with E-state index in [2.05, 4.69) is 22.0 Å². The van der Waals surface area contributed by atoms with E-state index in [0.29, 0.717) is 47.6 Å². The molecule has 2 amide bonds. The Balaban J connectivity index is 1.04. The minimum Gasteiger partial charge on any atom is -0.368 e. The first-order valence-electron chi connectivity index (χ1n) is 14.3. The standard InChI is InChI=1S/C32H29N7O3S/c40-28(37-18-16-36(17-19-37)23-8-2-1-3-9-23)14-13-26-31(42)39-30(34-26)24-10-4-5-11-25(24)35-32(39)43-21-22-20-29(41)38-15-7-6-12-27(38)33-22/h1-12,15,20,26H,13-14,16-19,21H2/t26-/m1/s1. The van der Waals surface area contributed by atoms with Gasteiger partial charge in [-0.05, 0) is 42.8 Å². The fourth-order valence-corrected chi connectivity index (χ4v) is 6.57. The second-order valence-corrected chi connectivity index (χ2v) is 11.5. The summed E-state index contributed by atoms with van der Waals surface area (Å²) in [6.45, 7) is 2.86. The van der Waals surface area contributed by atoms with E-state index in [-0.39, 0.29) is 23.8 Å². The van der Waals surface area contributed by atoms with Gasteiger partial charge in [-0.1, -0.05) is 48.2 Å². The molecule has 11 heteroatoms. The van der Waals surface area contributed by atoms with E-state index in [9.17, 15) is 14.4 Å². The monoisotopic (exact) mass is 591 g/mol. The largest absolute Gasteiger partial charge is 0.368 e. The van der Waals surface area contributed by atoms with Crippen molar-refractivity contribution in [2.24, 2.45) is 9.98 Å². The number of anilines is 1. The van der Waals surface area contributed by atoms with Crippen LogP contribution in [0.1, 0.15) is 24.1 Å². The quantitative estimate of drug-likeness (QED) is 0.339. The molecule has 1 atom stereocenters. The zero-order chi connectivity index (χ0) is 29.3. The van der Waals surface area contributed by atoms with Gasteiger partial charge in [-0.25, -0.2) is 14.9 Å². The molecule has 0 saturated carbocycles. The molecule has 216 valence electrons. The Labute approximate surface area is 252 Å². The maximum Gasteiger partial charge on any atom is 0.259 e. The molecular weight excluding hydrogens is 562 g/mol. The Kier molecular flexibility index (Phi) is 7.23. The summed E-state index contributed by atoms with van der Waals surface area (Å²) in [4.78, 5) is 59.4. The number of carbonyl (C=O) groups excluding carboxylic acids is 2. The minimum atomic E-state index is -0.662. The molecular formula is C32H29N7O3S. The van der Waals surface area contributed by atoms with Gasteiger partial charge in [-0.15, -0.1) is 0 Å². The summed E-state index contributed by atoms with van der Waals surface area (Å²) in [5.74, 6) is 0.766. The van der Waals surface area contributed by atoms with Crippen LogP contribution < -0.4 is 10.5 Å². The van der Waals surface area contributed by atoms with E-state index in [1.807, 2.05) is 53.4 Å². The molecule has 0 unspecified atom stereocenters. The maximum absolute atomic E-state index is 13.7. The summed E-state index contributed by atoms with van der Waals surface area (Å²) >= 11 is 1.34. The van der Waals surface area contributed by atoms with Crippen LogP contribution in [-0.4, -0.2) is 74.2 Å². The third-order valence-corrected chi connectivity index (χ3v) is 8.88. The lowest BCUT2D eigenvalue weighted by atomic mass is 10.1. The molecule has 1 fully saturated rings. The molecule has 0 N–H and O–H groups in total. The van der Waals surface area contributed by atoms with Crippen molar-refractivity contribution >= 4 is 51.6 Å². The molecule has 5 heterocycles. The summed E-state index contributed by atoms with van der Waals surface area (Å²) < 4.78 is 1.49. The van der Waals surface area contributed by atoms with Gasteiger partial charge in [0, 0.05) is 61.9 Å². The lowest BCUT2D eigenvalue weighted by molar-refractivity contribution is -0.131. The van der Waals surface area contributed by atoms with Crippen molar-refractivity contribution in [1.82, 2.24) is 19.2 Å². The number of nitrogens with zero attached hydrogens (tertiary/aromatic N) is 7. The Hall–Kier alpha value is -4.77. The number of aliphatic imine (C=N–C) groups is 2. The first-order chi connectivity index (χ1) is 21.0. The van der Waals surface area contributed by atoms with Gasteiger partial charge in [0.25, 0.3) is 11.5 Å². The van der Waals surface area contributed by atoms with Crippen LogP contribution in [0.5, 0.6) is 0 Å². The summed E-state index contributed by atoms with van der Waals surface area (Å²) in [5, 5.41) is 0.489. The van der Waals surface area contributed by atoms with E-state index in [1.54, 1.807) is 23.2 Å². The van der Waals surface area contributed by atoms with E-state index in [4.69, 9.17) is 9.98 Å². The van der Waals surface area contributed by atoms with Crippen molar-refractivity contribution < 1.29 is 9.59 Å². The van der Waals surface area contributed by atoms with Crippen LogP contribution in [0.2, 0.25) is 0 Å². The van der Waals surface area contributed by atoms with Gasteiger partial charge in [-0.3, -0.25) is 23.8 Å². The molecule has 0 bridgehead atoms. The number of amides is 2. The molecule has 7 rings (SSSR count). The van der Waals surface area contributed by atoms with Gasteiger partial charge in [0.1, 0.15) is 17.5 Å². The van der Waals surface area contributed by atoms with Crippen LogP contribution in [0.15, 0.2) is 99.8 Å². The van der Waals surface area contributed by atoms with Gasteiger partial charge < -0.3 is 9.80 Å². The summed E-state index contributed by atoms with van der Waals surface area (Å²) in [5.41, 5.74) is 3.68. The van der Waals surface area contributed by atoms with Gasteiger partial charge in [0.2, 0.25) is 5.91 Å². The average molecular weight is 592 g/mol. The number of thioether (sulfide) groups is 1. The van der Waals surface area contributed by atoms with Gasteiger partial charge >= 0.3 is 0 Å². The van der Waals surface area contributed by atoms with Crippen molar-refractivity contribution in [2.75, 3.05) is 31.1 Å². The number of carbonyl (C=O) groups is 2. The Morgan fingerprint density at radius 1 is 0.907 bits per heavy atom. The lowest BCUT2D eigenvalue weighted by Crippen LogP contribution is -2.49. The fourth-order valence-electron chi connectivity index (χ4n) is 5.67. The Morgan fingerprint density at radius 2 is 1.67 bits per heavy atom. The second-order valence-electron chi connectivity index (χ2n) is 10.6. The van der Waals surface area contributed by atoms with Gasteiger partial charge in [0.15, 0.2) is 5.17 Å². The van der Waals surface area contributed by atoms with Crippen molar-refractivity contribution in [1.29, 1.82) is 0 Å². The average Bonchev–Trinajstić information content (AvgIpc) is 3.39. The second kappa shape index (κ2) is 11.5. The molecule has 1 saturated heterocycles. The molecule has 3 aliphatic heterocycles. The number of rotatable bonds is 6. The number of amidine groups is 2. The highest BCUT2D eigenvalue weighted by Gasteiger charge is 2.41. The number of aromatic nitrogens is 2. The molecule has 0 radical (unpaired) electrons. The van der Waals surface area contributed by atoms with Crippen molar-refractivity contribution in [2.45, 2.75) is 24.6 Å². The van der Waals surface area contributed by atoms with Crippen molar-refractivity contribution in [3.05, 3.63) is 107 Å². The predicted molar refractivity (Wildman–Crippen MR) is 168 cm³/mol. The zero-order valence-electron chi connectivity index (χ0n) is 23.4. The normalized spacial score (nSPS) is 17.9. The topological polar surface area (TPSA) is 103 Å². The summed E-state index contributed by atoms with van der Waals surface area (Å²) in [7, 11) is 0. The molecule has 0 spiro atoms. The number of piperazine rings is 1. The predicted octanol–water partition coefficient (Wildman–Crippen LogP) is 3.72. The van der Waals surface area contributed by atoms with Gasteiger partial charge in [0.05, 0.1) is 11.4 Å². The number of hydrogen-bond donors (Lipinski definition) is 0. The zero-order valence-corrected chi connectivity index (χ0v) is 24.2. The van der Waals surface area contributed by atoms with E-state index in [1.165, 1.54) is 22.2 Å². The molecule has 43 heavy (non-hydrogen) atoms. The molecule has 10 nitrogen and oxygen atoms in total. The summed E-state index contributed by atoms with van der Waals surface area (Å²) in [6.07, 6.45) is 2.27. The van der Waals surface area contributed by atoms with Crippen molar-refractivity contribution in [3.8, 4) is 0 Å². The molecule has 0 aliphatic carbocycles. The Bertz CT molecular complexity index is 1830. The van der Waals surface area contributed by atoms with E-state index < -0.39 is 6.04 Å². The number of hydrogen-bond acceptors (Lipinski definition) is 8. The lowest BCUT2D eigenvalue weighted by Gasteiger charge is -2.36. The van der Waals surface area contributed by atoms with Crippen LogP contribution in [0.3, 0.4) is 0 Å². The Morgan fingerprint density at radius 3 is 2.51 bits per heavy atom. The molecule has 2 aromatic heterocycles. The number of pyridine rings is 1. The molecule has 3 aliphatic rings. The fraction of sp³-hybridized carbons (Fsp3) is 0.250. The molecule has 4 aromatic rings. The van der Waals surface area contributed by atoms with Crippen LogP contribution in [0.4, 0.5) is 11.4 Å². The third kappa shape index (κ3) is 5.32. The highest BCUT2D eigenvalue weighted by molar-refractivity contribution is 8.13. The molecule has 2 aromatic carbocycles. The maximum atomic E-state index is 13.7. The smallest absolute Gasteiger partial charge is 0.259 e. The first kappa shape index (κ1) is 27.1. The van der Waals surface area contributed by atoms with Crippen LogP contribution >= 0.6 is 11.8 Å².